The van der Waals surface area contributed by atoms with Crippen LogP contribution in [-0.2, 0) is 13.1 Å². The van der Waals surface area contributed by atoms with E-state index in [-0.39, 0.29) is 0 Å². The number of hydrogen-bond acceptors (Lipinski definition) is 6. The molecule has 0 amide bonds. The Kier molecular flexibility index (Phi) is 6.09. The van der Waals surface area contributed by atoms with Gasteiger partial charge in [-0.3, -0.25) is 0 Å². The zero-order chi connectivity index (χ0) is 18.4. The third-order valence-corrected chi connectivity index (χ3v) is 5.01. The topological polar surface area (TPSA) is 52.6 Å². The molecule has 0 aliphatic rings. The summed E-state index contributed by atoms with van der Waals surface area (Å²) in [5.74, 6) is 2.33. The molecule has 6 heteroatoms. The maximum atomic E-state index is 5.43. The maximum Gasteiger partial charge on any atom is 0.161 e. The Morgan fingerprint density at radius 2 is 1.65 bits per heavy atom. The fourth-order valence-corrected chi connectivity index (χ4v) is 3.59. The van der Waals surface area contributed by atoms with Crippen LogP contribution in [0.4, 0.5) is 0 Å². The van der Waals surface area contributed by atoms with Crippen LogP contribution in [0, 0.1) is 0 Å². The molecule has 5 nitrogen and oxygen atoms in total. The van der Waals surface area contributed by atoms with E-state index in [0.29, 0.717) is 6.54 Å². The molecule has 0 spiro atoms. The number of nitrogens with zero attached hydrogens (tertiary/aromatic N) is 1. The smallest absolute Gasteiger partial charge is 0.161 e. The SMILES string of the molecule is COc1ccc(CNCc2ncc(-c3ccccc3OC)s2)cc1OC. The maximum absolute atomic E-state index is 5.43. The van der Waals surface area contributed by atoms with E-state index in [2.05, 4.69) is 10.3 Å². The van der Waals surface area contributed by atoms with Crippen molar-refractivity contribution in [2.24, 2.45) is 0 Å². The van der Waals surface area contributed by atoms with Gasteiger partial charge in [0.1, 0.15) is 10.8 Å². The highest BCUT2D eigenvalue weighted by Crippen LogP contribution is 2.33. The first-order valence-corrected chi connectivity index (χ1v) is 9.06. The first-order valence-electron chi connectivity index (χ1n) is 8.25. The molecule has 1 aromatic heterocycles. The molecule has 0 aliphatic heterocycles. The molecule has 2 aromatic carbocycles. The quantitative estimate of drug-likeness (QED) is 0.646. The summed E-state index contributed by atoms with van der Waals surface area (Å²) in [7, 11) is 4.97. The fraction of sp³-hybridized carbons (Fsp3) is 0.250. The Bertz CT molecular complexity index is 864. The lowest BCUT2D eigenvalue weighted by Gasteiger charge is -2.09. The summed E-state index contributed by atoms with van der Waals surface area (Å²) in [6, 6.07) is 13.9. The number of benzene rings is 2. The molecular weight excluding hydrogens is 348 g/mol. The van der Waals surface area contributed by atoms with Crippen molar-refractivity contribution in [1.29, 1.82) is 0 Å². The summed E-state index contributed by atoms with van der Waals surface area (Å²) in [5.41, 5.74) is 2.20. The minimum atomic E-state index is 0.703. The van der Waals surface area contributed by atoms with Crippen LogP contribution >= 0.6 is 11.3 Å². The number of para-hydroxylation sites is 1. The first-order chi connectivity index (χ1) is 12.7. The molecule has 1 heterocycles. The number of hydrogen-bond donors (Lipinski definition) is 1. The Labute approximate surface area is 157 Å². The Hall–Kier alpha value is -2.57. The minimum Gasteiger partial charge on any atom is -0.496 e. The molecule has 0 aliphatic carbocycles. The van der Waals surface area contributed by atoms with Gasteiger partial charge in [0.2, 0.25) is 0 Å². The molecule has 0 atom stereocenters. The second kappa shape index (κ2) is 8.69. The molecule has 3 rings (SSSR count). The highest BCUT2D eigenvalue weighted by atomic mass is 32.1. The van der Waals surface area contributed by atoms with E-state index in [9.17, 15) is 0 Å². The second-order valence-electron chi connectivity index (χ2n) is 5.61. The Morgan fingerprint density at radius 3 is 2.42 bits per heavy atom. The fourth-order valence-electron chi connectivity index (χ4n) is 2.67. The zero-order valence-corrected chi connectivity index (χ0v) is 15.9. The van der Waals surface area contributed by atoms with Crippen LogP contribution in [0.3, 0.4) is 0 Å². The van der Waals surface area contributed by atoms with Crippen LogP contribution in [0.25, 0.3) is 10.4 Å². The Morgan fingerprint density at radius 1 is 0.885 bits per heavy atom. The third-order valence-electron chi connectivity index (χ3n) is 3.98. The van der Waals surface area contributed by atoms with E-state index in [1.54, 1.807) is 32.7 Å². The average Bonchev–Trinajstić information content (AvgIpc) is 3.16. The predicted octanol–water partition coefficient (Wildman–Crippen LogP) is 4.13. The van der Waals surface area contributed by atoms with Crippen LogP contribution < -0.4 is 19.5 Å². The number of rotatable bonds is 8. The highest BCUT2D eigenvalue weighted by molar-refractivity contribution is 7.15. The molecule has 0 saturated carbocycles. The average molecular weight is 370 g/mol. The van der Waals surface area contributed by atoms with E-state index >= 15 is 0 Å². The van der Waals surface area contributed by atoms with Gasteiger partial charge in [0, 0.05) is 24.8 Å². The van der Waals surface area contributed by atoms with Crippen LogP contribution in [0.15, 0.2) is 48.7 Å². The largest absolute Gasteiger partial charge is 0.496 e. The predicted molar refractivity (Wildman–Crippen MR) is 104 cm³/mol. The van der Waals surface area contributed by atoms with E-state index in [1.165, 1.54) is 0 Å². The Balaban J connectivity index is 1.62. The van der Waals surface area contributed by atoms with Crippen molar-refractivity contribution in [3.05, 3.63) is 59.2 Å². The van der Waals surface area contributed by atoms with Crippen molar-refractivity contribution in [1.82, 2.24) is 10.3 Å². The summed E-state index contributed by atoms with van der Waals surface area (Å²) >= 11 is 1.67. The van der Waals surface area contributed by atoms with Gasteiger partial charge in [-0.05, 0) is 29.8 Å². The highest BCUT2D eigenvalue weighted by Gasteiger charge is 2.09. The van der Waals surface area contributed by atoms with E-state index in [1.807, 2.05) is 48.7 Å². The van der Waals surface area contributed by atoms with Gasteiger partial charge < -0.3 is 19.5 Å². The van der Waals surface area contributed by atoms with Crippen LogP contribution in [-0.4, -0.2) is 26.3 Å². The normalized spacial score (nSPS) is 10.6. The minimum absolute atomic E-state index is 0.703. The van der Waals surface area contributed by atoms with Crippen molar-refractivity contribution < 1.29 is 14.2 Å². The third kappa shape index (κ3) is 4.15. The summed E-state index contributed by atoms with van der Waals surface area (Å²) in [5, 5.41) is 4.45. The molecule has 0 bridgehead atoms. The van der Waals surface area contributed by atoms with E-state index in [0.717, 1.165) is 44.8 Å². The van der Waals surface area contributed by atoms with Gasteiger partial charge in [-0.1, -0.05) is 18.2 Å². The van der Waals surface area contributed by atoms with E-state index < -0.39 is 0 Å². The number of nitrogens with one attached hydrogen (secondary N) is 1. The monoisotopic (exact) mass is 370 g/mol. The van der Waals surface area contributed by atoms with Crippen molar-refractivity contribution in [3.8, 4) is 27.7 Å². The van der Waals surface area contributed by atoms with Crippen LogP contribution in [0.2, 0.25) is 0 Å². The second-order valence-corrected chi connectivity index (χ2v) is 6.73. The molecule has 0 radical (unpaired) electrons. The summed E-state index contributed by atoms with van der Waals surface area (Å²) in [4.78, 5) is 5.62. The molecule has 1 N–H and O–H groups in total. The van der Waals surface area contributed by atoms with Gasteiger partial charge in [-0.15, -0.1) is 11.3 Å². The van der Waals surface area contributed by atoms with Gasteiger partial charge in [-0.2, -0.15) is 0 Å². The van der Waals surface area contributed by atoms with Crippen LogP contribution in [0.5, 0.6) is 17.2 Å². The molecule has 3 aromatic rings. The van der Waals surface area contributed by atoms with Crippen LogP contribution in [0.1, 0.15) is 10.6 Å². The van der Waals surface area contributed by atoms with Gasteiger partial charge in [0.05, 0.1) is 26.2 Å². The number of thiazole rings is 1. The number of aromatic nitrogens is 1. The lowest BCUT2D eigenvalue weighted by Crippen LogP contribution is -2.12. The zero-order valence-electron chi connectivity index (χ0n) is 15.1. The van der Waals surface area contributed by atoms with Crippen molar-refractivity contribution in [3.63, 3.8) is 0 Å². The molecular formula is C20H22N2O3S. The van der Waals surface area contributed by atoms with Crippen molar-refractivity contribution in [2.45, 2.75) is 13.1 Å². The van der Waals surface area contributed by atoms with Gasteiger partial charge in [0.25, 0.3) is 0 Å². The molecule has 26 heavy (non-hydrogen) atoms. The summed E-state index contributed by atoms with van der Waals surface area (Å²) in [6.45, 7) is 1.43. The van der Waals surface area contributed by atoms with Crippen molar-refractivity contribution >= 4 is 11.3 Å². The van der Waals surface area contributed by atoms with E-state index in [4.69, 9.17) is 14.2 Å². The number of ether oxygens (including phenoxy) is 3. The molecule has 136 valence electrons. The first kappa shape index (κ1) is 18.2. The summed E-state index contributed by atoms with van der Waals surface area (Å²) in [6.07, 6.45) is 1.90. The standard InChI is InChI=1S/C20H22N2O3S/c1-23-16-7-5-4-6-15(16)19-12-22-20(26-19)13-21-11-14-8-9-17(24-2)18(10-14)25-3/h4-10,12,21H,11,13H2,1-3H3. The molecule has 0 saturated heterocycles. The molecule has 0 fully saturated rings. The van der Waals surface area contributed by atoms with Gasteiger partial charge >= 0.3 is 0 Å². The summed E-state index contributed by atoms with van der Waals surface area (Å²) < 4.78 is 16.0. The molecule has 0 unspecified atom stereocenters. The van der Waals surface area contributed by atoms with Gasteiger partial charge in [0.15, 0.2) is 11.5 Å². The lowest BCUT2D eigenvalue weighted by atomic mass is 10.2. The van der Waals surface area contributed by atoms with Gasteiger partial charge in [-0.25, -0.2) is 4.98 Å². The number of methoxy groups -OCH3 is 3. The van der Waals surface area contributed by atoms with Crippen molar-refractivity contribution in [2.75, 3.05) is 21.3 Å². The lowest BCUT2D eigenvalue weighted by molar-refractivity contribution is 0.354.